The molecule has 0 aliphatic rings. The van der Waals surface area contributed by atoms with Crippen molar-refractivity contribution in [1.82, 2.24) is 14.9 Å². The van der Waals surface area contributed by atoms with Crippen molar-refractivity contribution in [3.05, 3.63) is 65.7 Å². The molecule has 1 aromatic carbocycles. The van der Waals surface area contributed by atoms with Crippen molar-refractivity contribution in [2.45, 2.75) is 19.9 Å². The summed E-state index contributed by atoms with van der Waals surface area (Å²) in [5.74, 6) is -0.0948. The topological polar surface area (TPSA) is 56.2 Å². The predicted octanol–water partition coefficient (Wildman–Crippen LogP) is 4.54. The summed E-state index contributed by atoms with van der Waals surface area (Å²) in [4.78, 5) is 17.4. The molecule has 0 aliphatic heterocycles. The highest BCUT2D eigenvalue weighted by Gasteiger charge is 2.20. The van der Waals surface area contributed by atoms with Crippen molar-refractivity contribution < 1.29 is 9.53 Å². The third kappa shape index (κ3) is 4.40. The van der Waals surface area contributed by atoms with Crippen LogP contribution in [0.15, 0.2) is 54.4 Å². The van der Waals surface area contributed by atoms with Gasteiger partial charge >= 0.3 is 0 Å². The number of carbonyl (C=O) groups is 1. The van der Waals surface area contributed by atoms with Crippen molar-refractivity contribution in [2.75, 3.05) is 20.3 Å². The summed E-state index contributed by atoms with van der Waals surface area (Å²) in [6, 6.07) is 12.1. The molecular formula is C22H25N3O2S. The molecule has 0 fully saturated rings. The Bertz CT molecular complexity index is 944. The molecule has 146 valence electrons. The first-order valence-corrected chi connectivity index (χ1v) is 10.1. The Morgan fingerprint density at radius 2 is 2.14 bits per heavy atom. The third-order valence-corrected chi connectivity index (χ3v) is 5.43. The number of nitrogens with one attached hydrogen (secondary N) is 1. The average molecular weight is 396 g/mol. The highest BCUT2D eigenvalue weighted by Crippen LogP contribution is 2.31. The van der Waals surface area contributed by atoms with Crippen molar-refractivity contribution >= 4 is 17.2 Å². The third-order valence-electron chi connectivity index (χ3n) is 4.54. The molecule has 0 spiro atoms. The lowest BCUT2D eigenvalue weighted by Crippen LogP contribution is -2.23. The summed E-state index contributed by atoms with van der Waals surface area (Å²) in [6.45, 7) is 7.51. The monoisotopic (exact) mass is 395 g/mol. The Hall–Kier alpha value is -2.70. The Morgan fingerprint density at radius 3 is 2.86 bits per heavy atom. The van der Waals surface area contributed by atoms with Crippen LogP contribution < -0.4 is 5.32 Å². The van der Waals surface area contributed by atoms with Gasteiger partial charge in [-0.1, -0.05) is 36.4 Å². The van der Waals surface area contributed by atoms with E-state index in [-0.39, 0.29) is 5.91 Å². The molecule has 0 aliphatic carbocycles. The lowest BCUT2D eigenvalue weighted by molar-refractivity contribution is 0.0957. The van der Waals surface area contributed by atoms with E-state index in [0.717, 1.165) is 40.6 Å². The maximum Gasteiger partial charge on any atom is 0.253 e. The molecule has 0 bridgehead atoms. The summed E-state index contributed by atoms with van der Waals surface area (Å²) < 4.78 is 7.36. The van der Waals surface area contributed by atoms with Gasteiger partial charge in [0.05, 0.1) is 17.0 Å². The van der Waals surface area contributed by atoms with Gasteiger partial charge in [-0.15, -0.1) is 17.9 Å². The van der Waals surface area contributed by atoms with E-state index < -0.39 is 0 Å². The highest BCUT2D eigenvalue weighted by molar-refractivity contribution is 7.13. The van der Waals surface area contributed by atoms with E-state index in [0.29, 0.717) is 18.7 Å². The zero-order valence-corrected chi connectivity index (χ0v) is 17.1. The molecule has 1 N–H and O–H groups in total. The average Bonchev–Trinajstić information content (AvgIpc) is 3.32. The van der Waals surface area contributed by atoms with Gasteiger partial charge in [-0.25, -0.2) is 4.98 Å². The van der Waals surface area contributed by atoms with Gasteiger partial charge in [0.15, 0.2) is 0 Å². The van der Waals surface area contributed by atoms with Gasteiger partial charge in [-0.05, 0) is 19.4 Å². The largest absolute Gasteiger partial charge is 0.385 e. The molecule has 2 heterocycles. The summed E-state index contributed by atoms with van der Waals surface area (Å²) in [6.07, 6.45) is 2.54. The minimum atomic E-state index is -0.0948. The lowest BCUT2D eigenvalue weighted by Gasteiger charge is -2.10. The molecule has 2 aromatic heterocycles. The van der Waals surface area contributed by atoms with Crippen molar-refractivity contribution in [1.29, 1.82) is 0 Å². The second kappa shape index (κ2) is 9.48. The number of benzene rings is 1. The first-order valence-electron chi connectivity index (χ1n) is 9.25. The zero-order chi connectivity index (χ0) is 19.9. The summed E-state index contributed by atoms with van der Waals surface area (Å²) in [7, 11) is 1.70. The maximum atomic E-state index is 12.6. The quantitative estimate of drug-likeness (QED) is 0.427. The Kier molecular flexibility index (Phi) is 6.79. The number of ether oxygens (including phenoxy) is 1. The Labute approximate surface area is 169 Å². The van der Waals surface area contributed by atoms with Gasteiger partial charge in [0.2, 0.25) is 0 Å². The SMILES string of the molecule is C=CCNC(=O)c1cc(-c2csc(-c3ccccc3)n2)n(CCCOC)c1C. The molecule has 28 heavy (non-hydrogen) atoms. The second-order valence-electron chi connectivity index (χ2n) is 6.43. The van der Waals surface area contributed by atoms with Crippen LogP contribution in [-0.4, -0.2) is 35.7 Å². The summed E-state index contributed by atoms with van der Waals surface area (Å²) in [5, 5.41) is 5.89. The highest BCUT2D eigenvalue weighted by atomic mass is 32.1. The van der Waals surface area contributed by atoms with Gasteiger partial charge in [0, 0.05) is 43.4 Å². The molecule has 3 rings (SSSR count). The minimum Gasteiger partial charge on any atom is -0.385 e. The Morgan fingerprint density at radius 1 is 1.36 bits per heavy atom. The van der Waals surface area contributed by atoms with Gasteiger partial charge in [0.25, 0.3) is 5.91 Å². The minimum absolute atomic E-state index is 0.0948. The zero-order valence-electron chi connectivity index (χ0n) is 16.3. The number of methoxy groups -OCH3 is 1. The van der Waals surface area contributed by atoms with E-state index in [4.69, 9.17) is 9.72 Å². The Balaban J connectivity index is 1.97. The van der Waals surface area contributed by atoms with Crippen LogP contribution in [0.1, 0.15) is 22.5 Å². The second-order valence-corrected chi connectivity index (χ2v) is 7.29. The van der Waals surface area contributed by atoms with E-state index in [9.17, 15) is 4.79 Å². The maximum absolute atomic E-state index is 12.6. The molecule has 5 nitrogen and oxygen atoms in total. The van der Waals surface area contributed by atoms with Crippen LogP contribution in [0.4, 0.5) is 0 Å². The van der Waals surface area contributed by atoms with Crippen LogP contribution in [-0.2, 0) is 11.3 Å². The molecule has 0 unspecified atom stereocenters. The number of rotatable bonds is 9. The van der Waals surface area contributed by atoms with Crippen LogP contribution >= 0.6 is 11.3 Å². The van der Waals surface area contributed by atoms with Crippen LogP contribution in [0.5, 0.6) is 0 Å². The molecule has 1 amide bonds. The van der Waals surface area contributed by atoms with E-state index in [2.05, 4.69) is 34.0 Å². The van der Waals surface area contributed by atoms with E-state index in [1.165, 1.54) is 0 Å². The fraction of sp³-hybridized carbons (Fsp3) is 0.273. The number of aromatic nitrogens is 2. The molecule has 0 saturated carbocycles. The van der Waals surface area contributed by atoms with Gasteiger partial charge in [-0.3, -0.25) is 4.79 Å². The molecule has 6 heteroatoms. The van der Waals surface area contributed by atoms with Crippen molar-refractivity contribution in [3.8, 4) is 22.0 Å². The molecule has 0 atom stereocenters. The number of hydrogen-bond acceptors (Lipinski definition) is 4. The number of thiazole rings is 1. The predicted molar refractivity (Wildman–Crippen MR) is 115 cm³/mol. The number of nitrogens with zero attached hydrogens (tertiary/aromatic N) is 2. The molecule has 3 aromatic rings. The fourth-order valence-electron chi connectivity index (χ4n) is 3.11. The van der Waals surface area contributed by atoms with E-state index in [1.807, 2.05) is 31.2 Å². The molecule has 0 radical (unpaired) electrons. The molecular weight excluding hydrogens is 370 g/mol. The lowest BCUT2D eigenvalue weighted by atomic mass is 10.2. The standard InChI is InChI=1S/C22H25N3O2S/c1-4-11-23-21(26)18-14-20(25(16(18)2)12-8-13-27-3)19-15-28-22(24-19)17-9-6-5-7-10-17/h4-7,9-10,14-15H,1,8,11-13H2,2-3H3,(H,23,26). The number of carbonyl (C=O) groups excluding carboxylic acids is 1. The number of amides is 1. The number of hydrogen-bond donors (Lipinski definition) is 1. The van der Waals surface area contributed by atoms with Gasteiger partial charge in [-0.2, -0.15) is 0 Å². The van der Waals surface area contributed by atoms with Gasteiger partial charge in [0.1, 0.15) is 5.01 Å². The van der Waals surface area contributed by atoms with Gasteiger partial charge < -0.3 is 14.6 Å². The van der Waals surface area contributed by atoms with Crippen LogP contribution in [0.2, 0.25) is 0 Å². The normalized spacial score (nSPS) is 10.8. The smallest absolute Gasteiger partial charge is 0.253 e. The summed E-state index contributed by atoms with van der Waals surface area (Å²) in [5.41, 5.74) is 4.53. The first kappa shape index (κ1) is 20.0. The molecule has 0 saturated heterocycles. The summed E-state index contributed by atoms with van der Waals surface area (Å²) >= 11 is 1.61. The fourth-order valence-corrected chi connectivity index (χ4v) is 3.93. The van der Waals surface area contributed by atoms with E-state index >= 15 is 0 Å². The van der Waals surface area contributed by atoms with Crippen LogP contribution in [0, 0.1) is 6.92 Å². The van der Waals surface area contributed by atoms with Crippen molar-refractivity contribution in [3.63, 3.8) is 0 Å². The van der Waals surface area contributed by atoms with Crippen molar-refractivity contribution in [2.24, 2.45) is 0 Å². The van der Waals surface area contributed by atoms with Crippen LogP contribution in [0.25, 0.3) is 22.0 Å². The first-order chi connectivity index (χ1) is 13.7. The van der Waals surface area contributed by atoms with Crippen LogP contribution in [0.3, 0.4) is 0 Å². The van der Waals surface area contributed by atoms with E-state index in [1.54, 1.807) is 24.5 Å².